The van der Waals surface area contributed by atoms with E-state index in [1.165, 1.54) is 12.3 Å². The van der Waals surface area contributed by atoms with Gasteiger partial charge < -0.3 is 15.5 Å². The highest BCUT2D eigenvalue weighted by atomic mass is 16.4. The second-order valence-electron chi connectivity index (χ2n) is 5.31. The van der Waals surface area contributed by atoms with E-state index in [1.807, 2.05) is 0 Å². The average Bonchev–Trinajstić information content (AvgIpc) is 2.28. The molecule has 18 heavy (non-hydrogen) atoms. The highest BCUT2D eigenvalue weighted by molar-refractivity contribution is 5.87. The molecule has 1 heterocycles. The van der Waals surface area contributed by atoms with Crippen LogP contribution in [0, 0.1) is 5.41 Å². The minimum Gasteiger partial charge on any atom is -0.478 e. The minimum absolute atomic E-state index is 0.0180. The number of carboxylic acids is 1. The van der Waals surface area contributed by atoms with Crippen LogP contribution < -0.4 is 5.32 Å². The van der Waals surface area contributed by atoms with Crippen LogP contribution >= 0.6 is 0 Å². The third-order valence-corrected chi connectivity index (χ3v) is 2.80. The van der Waals surface area contributed by atoms with Crippen molar-refractivity contribution in [2.45, 2.75) is 33.2 Å². The largest absolute Gasteiger partial charge is 0.478 e. The third-order valence-electron chi connectivity index (χ3n) is 2.80. The van der Waals surface area contributed by atoms with Crippen LogP contribution in [0.3, 0.4) is 0 Å². The number of hydrogen-bond acceptors (Lipinski definition) is 4. The predicted octanol–water partition coefficient (Wildman–Crippen LogP) is 1.99. The summed E-state index contributed by atoms with van der Waals surface area (Å²) in [5.41, 5.74) is 0.144. The summed E-state index contributed by atoms with van der Waals surface area (Å²) < 4.78 is 0. The van der Waals surface area contributed by atoms with Crippen LogP contribution in [0.4, 0.5) is 5.82 Å². The quantitative estimate of drug-likeness (QED) is 0.746. The molecule has 5 heteroatoms. The summed E-state index contributed by atoms with van der Waals surface area (Å²) >= 11 is 0. The van der Waals surface area contributed by atoms with Crippen molar-refractivity contribution in [2.75, 3.05) is 11.9 Å². The Morgan fingerprint density at radius 1 is 1.44 bits per heavy atom. The average molecular weight is 252 g/mol. The van der Waals surface area contributed by atoms with E-state index >= 15 is 0 Å². The molecule has 1 atom stereocenters. The Labute approximate surface area is 107 Å². The molecule has 1 aromatic heterocycles. The first-order valence-electron chi connectivity index (χ1n) is 5.91. The summed E-state index contributed by atoms with van der Waals surface area (Å²) in [7, 11) is 0. The standard InChI is InChI=1S/C13H20N2O3/c1-13(2,3)10(6-7-16)15-11-5-4-9(8-14-11)12(17)18/h4-5,8,10,16H,6-7H2,1-3H3,(H,14,15)(H,17,18). The highest BCUT2D eigenvalue weighted by Crippen LogP contribution is 2.24. The predicted molar refractivity (Wildman–Crippen MR) is 69.8 cm³/mol. The number of aliphatic hydroxyl groups is 1. The van der Waals surface area contributed by atoms with Gasteiger partial charge in [0.05, 0.1) is 5.56 Å². The van der Waals surface area contributed by atoms with E-state index in [2.05, 4.69) is 31.1 Å². The molecule has 1 aromatic rings. The van der Waals surface area contributed by atoms with Crippen molar-refractivity contribution in [3.05, 3.63) is 23.9 Å². The second kappa shape index (κ2) is 5.82. The van der Waals surface area contributed by atoms with Crippen LogP contribution in [-0.4, -0.2) is 33.8 Å². The van der Waals surface area contributed by atoms with Crippen LogP contribution in [0.2, 0.25) is 0 Å². The zero-order valence-electron chi connectivity index (χ0n) is 11.0. The molecule has 0 spiro atoms. The van der Waals surface area contributed by atoms with Crippen molar-refractivity contribution in [1.29, 1.82) is 0 Å². The fourth-order valence-corrected chi connectivity index (χ4v) is 1.64. The van der Waals surface area contributed by atoms with Crippen molar-refractivity contribution in [2.24, 2.45) is 5.41 Å². The summed E-state index contributed by atoms with van der Waals surface area (Å²) in [4.78, 5) is 14.8. The Hall–Kier alpha value is -1.62. The lowest BCUT2D eigenvalue weighted by Gasteiger charge is -2.31. The number of nitrogens with one attached hydrogen (secondary N) is 1. The molecule has 0 fully saturated rings. The number of hydrogen-bond donors (Lipinski definition) is 3. The van der Waals surface area contributed by atoms with Crippen molar-refractivity contribution >= 4 is 11.8 Å². The maximum Gasteiger partial charge on any atom is 0.337 e. The van der Waals surface area contributed by atoms with E-state index < -0.39 is 5.97 Å². The van der Waals surface area contributed by atoms with Gasteiger partial charge in [0.15, 0.2) is 0 Å². The lowest BCUT2D eigenvalue weighted by Crippen LogP contribution is -2.35. The van der Waals surface area contributed by atoms with Gasteiger partial charge in [0, 0.05) is 18.8 Å². The van der Waals surface area contributed by atoms with E-state index in [9.17, 15) is 4.79 Å². The van der Waals surface area contributed by atoms with Crippen molar-refractivity contribution in [1.82, 2.24) is 4.98 Å². The molecule has 1 rings (SSSR count). The van der Waals surface area contributed by atoms with Gasteiger partial charge in [0.25, 0.3) is 0 Å². The normalized spacial score (nSPS) is 13.1. The SMILES string of the molecule is CC(C)(C)C(CCO)Nc1ccc(C(=O)O)cn1. The number of carbonyl (C=O) groups is 1. The van der Waals surface area contributed by atoms with Gasteiger partial charge in [-0.05, 0) is 24.0 Å². The Kier molecular flexibility index (Phi) is 4.67. The molecule has 0 radical (unpaired) electrons. The van der Waals surface area contributed by atoms with Gasteiger partial charge >= 0.3 is 5.97 Å². The fraction of sp³-hybridized carbons (Fsp3) is 0.538. The fourth-order valence-electron chi connectivity index (χ4n) is 1.64. The molecule has 3 N–H and O–H groups in total. The molecular weight excluding hydrogens is 232 g/mol. The first kappa shape index (κ1) is 14.4. The van der Waals surface area contributed by atoms with Crippen molar-refractivity contribution < 1.29 is 15.0 Å². The van der Waals surface area contributed by atoms with E-state index in [4.69, 9.17) is 10.2 Å². The van der Waals surface area contributed by atoms with Gasteiger partial charge in [-0.2, -0.15) is 0 Å². The molecule has 0 bridgehead atoms. The maximum absolute atomic E-state index is 10.7. The summed E-state index contributed by atoms with van der Waals surface area (Å²) in [6, 6.07) is 3.22. The monoisotopic (exact) mass is 252 g/mol. The number of aromatic nitrogens is 1. The Morgan fingerprint density at radius 2 is 2.11 bits per heavy atom. The number of aromatic carboxylic acids is 1. The van der Waals surface area contributed by atoms with E-state index in [0.29, 0.717) is 12.2 Å². The van der Waals surface area contributed by atoms with E-state index in [1.54, 1.807) is 6.07 Å². The van der Waals surface area contributed by atoms with Gasteiger partial charge in [-0.25, -0.2) is 9.78 Å². The first-order valence-corrected chi connectivity index (χ1v) is 5.91. The van der Waals surface area contributed by atoms with Crippen LogP contribution in [0.1, 0.15) is 37.6 Å². The zero-order chi connectivity index (χ0) is 13.8. The van der Waals surface area contributed by atoms with Gasteiger partial charge in [0.1, 0.15) is 5.82 Å². The van der Waals surface area contributed by atoms with Gasteiger partial charge in [-0.15, -0.1) is 0 Å². The molecule has 1 unspecified atom stereocenters. The van der Waals surface area contributed by atoms with Crippen LogP contribution in [-0.2, 0) is 0 Å². The molecule has 0 aliphatic rings. The molecule has 0 aliphatic carbocycles. The second-order valence-corrected chi connectivity index (χ2v) is 5.31. The number of carboxylic acid groups (broad SMARTS) is 1. The van der Waals surface area contributed by atoms with Crippen molar-refractivity contribution in [3.8, 4) is 0 Å². The number of pyridine rings is 1. The summed E-state index contributed by atoms with van der Waals surface area (Å²) in [5, 5.41) is 21.1. The molecule has 0 saturated carbocycles. The number of rotatable bonds is 5. The van der Waals surface area contributed by atoms with Crippen LogP contribution in [0.15, 0.2) is 18.3 Å². The molecule has 0 saturated heterocycles. The number of anilines is 1. The molecule has 0 aromatic carbocycles. The molecular formula is C13H20N2O3. The lowest BCUT2D eigenvalue weighted by molar-refractivity contribution is 0.0696. The van der Waals surface area contributed by atoms with Gasteiger partial charge in [0.2, 0.25) is 0 Å². The summed E-state index contributed by atoms with van der Waals surface area (Å²) in [6.07, 6.45) is 1.94. The maximum atomic E-state index is 10.7. The Balaban J connectivity index is 2.78. The summed E-state index contributed by atoms with van der Waals surface area (Å²) in [6.45, 7) is 6.33. The van der Waals surface area contributed by atoms with E-state index in [0.717, 1.165) is 0 Å². The molecule has 100 valence electrons. The Bertz CT molecular complexity index is 396. The molecule has 5 nitrogen and oxygen atoms in total. The number of nitrogens with zero attached hydrogens (tertiary/aromatic N) is 1. The van der Waals surface area contributed by atoms with Gasteiger partial charge in [-0.1, -0.05) is 20.8 Å². The van der Waals surface area contributed by atoms with Gasteiger partial charge in [-0.3, -0.25) is 0 Å². The molecule has 0 amide bonds. The number of aliphatic hydroxyl groups excluding tert-OH is 1. The molecule has 0 aliphatic heterocycles. The van der Waals surface area contributed by atoms with Crippen molar-refractivity contribution in [3.63, 3.8) is 0 Å². The lowest BCUT2D eigenvalue weighted by atomic mass is 9.85. The Morgan fingerprint density at radius 3 is 2.50 bits per heavy atom. The third kappa shape index (κ3) is 4.00. The first-order chi connectivity index (χ1) is 8.34. The summed E-state index contributed by atoms with van der Waals surface area (Å²) in [5.74, 6) is -0.370. The minimum atomic E-state index is -0.989. The van der Waals surface area contributed by atoms with Crippen LogP contribution in [0.25, 0.3) is 0 Å². The zero-order valence-corrected chi connectivity index (χ0v) is 11.0. The van der Waals surface area contributed by atoms with Crippen LogP contribution in [0.5, 0.6) is 0 Å². The highest BCUT2D eigenvalue weighted by Gasteiger charge is 2.24. The smallest absolute Gasteiger partial charge is 0.337 e. The topological polar surface area (TPSA) is 82.5 Å². The van der Waals surface area contributed by atoms with E-state index in [-0.39, 0.29) is 23.6 Å².